The van der Waals surface area contributed by atoms with Crippen LogP contribution in [0.5, 0.6) is 0 Å². The Balaban J connectivity index is 2.49. The zero-order valence-electron chi connectivity index (χ0n) is 8.23. The molecule has 0 spiro atoms. The van der Waals surface area contributed by atoms with Gasteiger partial charge in [-0.25, -0.2) is 4.79 Å². The summed E-state index contributed by atoms with van der Waals surface area (Å²) in [4.78, 5) is 10.9. The second-order valence-corrected chi connectivity index (χ2v) is 4.11. The van der Waals surface area contributed by atoms with Crippen molar-refractivity contribution in [2.45, 2.75) is 6.92 Å². The number of benzene rings is 1. The largest absolute Gasteiger partial charge is 0.478 e. The molecule has 0 amide bonds. The van der Waals surface area contributed by atoms with Crippen LogP contribution in [0.3, 0.4) is 0 Å². The van der Waals surface area contributed by atoms with Crippen LogP contribution in [0.2, 0.25) is 0 Å². The molecule has 1 aromatic heterocycles. The molecule has 0 aliphatic heterocycles. The summed E-state index contributed by atoms with van der Waals surface area (Å²) >= 11 is 1.41. The van der Waals surface area contributed by atoms with Gasteiger partial charge in [0.1, 0.15) is 0 Å². The number of hydrogen-bond donors (Lipinski definition) is 1. The first kappa shape index (κ1) is 9.93. The Hall–Kier alpha value is -1.61. The van der Waals surface area contributed by atoms with E-state index in [1.807, 2.05) is 36.6 Å². The first-order valence-corrected chi connectivity index (χ1v) is 5.49. The summed E-state index contributed by atoms with van der Waals surface area (Å²) in [6.45, 7) is 2.01. The van der Waals surface area contributed by atoms with E-state index in [0.717, 1.165) is 11.1 Å². The van der Waals surface area contributed by atoms with Gasteiger partial charge in [-0.2, -0.15) is 11.3 Å². The van der Waals surface area contributed by atoms with E-state index in [1.165, 1.54) is 16.9 Å². The van der Waals surface area contributed by atoms with Gasteiger partial charge in [0.05, 0.1) is 5.56 Å². The summed E-state index contributed by atoms with van der Waals surface area (Å²) in [5.74, 6) is -0.869. The maximum atomic E-state index is 10.9. The fourth-order valence-corrected chi connectivity index (χ4v) is 2.25. The first-order valence-electron chi connectivity index (χ1n) is 4.55. The Morgan fingerprint density at radius 2 is 1.87 bits per heavy atom. The second-order valence-electron chi connectivity index (χ2n) is 3.37. The lowest BCUT2D eigenvalue weighted by atomic mass is 10.0. The van der Waals surface area contributed by atoms with Gasteiger partial charge >= 0.3 is 5.97 Å². The summed E-state index contributed by atoms with van der Waals surface area (Å²) in [5.41, 5.74) is 3.31. The highest BCUT2D eigenvalue weighted by Crippen LogP contribution is 2.27. The van der Waals surface area contributed by atoms with Crippen LogP contribution in [0.4, 0.5) is 0 Å². The van der Waals surface area contributed by atoms with E-state index in [4.69, 9.17) is 5.11 Å². The van der Waals surface area contributed by atoms with Crippen molar-refractivity contribution in [3.8, 4) is 11.1 Å². The van der Waals surface area contributed by atoms with Crippen molar-refractivity contribution in [1.29, 1.82) is 0 Å². The molecule has 0 bridgehead atoms. The molecule has 0 radical (unpaired) electrons. The third kappa shape index (κ3) is 1.92. The van der Waals surface area contributed by atoms with Gasteiger partial charge in [0, 0.05) is 10.9 Å². The predicted molar refractivity (Wildman–Crippen MR) is 61.5 cm³/mol. The average Bonchev–Trinajstić information content (AvgIpc) is 2.67. The number of aryl methyl sites for hydroxylation is 1. The van der Waals surface area contributed by atoms with Gasteiger partial charge in [0.25, 0.3) is 0 Å². The molecule has 2 nitrogen and oxygen atoms in total. The van der Waals surface area contributed by atoms with E-state index in [0.29, 0.717) is 5.56 Å². The number of carboxylic acids is 1. The molecule has 1 heterocycles. The molecule has 0 saturated heterocycles. The number of rotatable bonds is 2. The molecule has 15 heavy (non-hydrogen) atoms. The lowest BCUT2D eigenvalue weighted by molar-refractivity contribution is 0.0698. The maximum absolute atomic E-state index is 10.9. The SMILES string of the molecule is Cc1ccc(-c2cscc2C(=O)O)cc1. The Morgan fingerprint density at radius 3 is 2.47 bits per heavy atom. The summed E-state index contributed by atoms with van der Waals surface area (Å²) in [6, 6.07) is 7.87. The third-order valence-corrected chi connectivity index (χ3v) is 3.00. The molecular weight excluding hydrogens is 208 g/mol. The Morgan fingerprint density at radius 1 is 1.20 bits per heavy atom. The maximum Gasteiger partial charge on any atom is 0.337 e. The third-order valence-electron chi connectivity index (χ3n) is 2.25. The molecule has 1 N–H and O–H groups in total. The Kier molecular flexibility index (Phi) is 2.56. The minimum atomic E-state index is -0.869. The molecule has 0 fully saturated rings. The van der Waals surface area contributed by atoms with Crippen LogP contribution in [0.1, 0.15) is 15.9 Å². The van der Waals surface area contributed by atoms with E-state index in [-0.39, 0.29) is 0 Å². The van der Waals surface area contributed by atoms with Crippen molar-refractivity contribution in [3.63, 3.8) is 0 Å². The van der Waals surface area contributed by atoms with Gasteiger partial charge < -0.3 is 5.11 Å². The lowest BCUT2D eigenvalue weighted by Crippen LogP contribution is -1.95. The van der Waals surface area contributed by atoms with Crippen LogP contribution < -0.4 is 0 Å². The van der Waals surface area contributed by atoms with Gasteiger partial charge in [-0.15, -0.1) is 0 Å². The molecule has 0 unspecified atom stereocenters. The molecule has 76 valence electrons. The topological polar surface area (TPSA) is 37.3 Å². The smallest absolute Gasteiger partial charge is 0.337 e. The van der Waals surface area contributed by atoms with E-state index < -0.39 is 5.97 Å². The average molecular weight is 218 g/mol. The zero-order valence-corrected chi connectivity index (χ0v) is 9.04. The molecule has 2 aromatic rings. The van der Waals surface area contributed by atoms with Gasteiger partial charge in [0.15, 0.2) is 0 Å². The minimum Gasteiger partial charge on any atom is -0.478 e. The Bertz CT molecular complexity index is 483. The van der Waals surface area contributed by atoms with Crippen LogP contribution in [0, 0.1) is 6.92 Å². The van der Waals surface area contributed by atoms with Crippen molar-refractivity contribution in [2.24, 2.45) is 0 Å². The lowest BCUT2D eigenvalue weighted by Gasteiger charge is -2.00. The molecule has 0 aliphatic rings. The van der Waals surface area contributed by atoms with Crippen LogP contribution in [-0.4, -0.2) is 11.1 Å². The molecule has 0 aliphatic carbocycles. The highest BCUT2D eigenvalue weighted by molar-refractivity contribution is 7.08. The van der Waals surface area contributed by atoms with Crippen molar-refractivity contribution in [1.82, 2.24) is 0 Å². The van der Waals surface area contributed by atoms with Gasteiger partial charge in [-0.05, 0) is 17.9 Å². The number of carboxylic acid groups (broad SMARTS) is 1. The van der Waals surface area contributed by atoms with Crippen molar-refractivity contribution < 1.29 is 9.90 Å². The number of aromatic carboxylic acids is 1. The number of thiophene rings is 1. The van der Waals surface area contributed by atoms with E-state index in [1.54, 1.807) is 5.38 Å². The Labute approximate surface area is 91.8 Å². The fourth-order valence-electron chi connectivity index (χ4n) is 1.42. The monoisotopic (exact) mass is 218 g/mol. The minimum absolute atomic E-state index is 0.379. The van der Waals surface area contributed by atoms with Gasteiger partial charge in [-0.1, -0.05) is 29.8 Å². The van der Waals surface area contributed by atoms with E-state index >= 15 is 0 Å². The van der Waals surface area contributed by atoms with Crippen LogP contribution in [0.25, 0.3) is 11.1 Å². The highest BCUT2D eigenvalue weighted by Gasteiger charge is 2.11. The summed E-state index contributed by atoms with van der Waals surface area (Å²) < 4.78 is 0. The molecule has 1 aromatic carbocycles. The molecule has 3 heteroatoms. The van der Waals surface area contributed by atoms with Crippen LogP contribution in [0.15, 0.2) is 35.0 Å². The zero-order chi connectivity index (χ0) is 10.8. The summed E-state index contributed by atoms with van der Waals surface area (Å²) in [6.07, 6.45) is 0. The second kappa shape index (κ2) is 3.87. The van der Waals surface area contributed by atoms with Gasteiger partial charge in [-0.3, -0.25) is 0 Å². The molecule has 0 atom stereocenters. The number of carbonyl (C=O) groups is 1. The molecule has 2 rings (SSSR count). The number of hydrogen-bond acceptors (Lipinski definition) is 2. The quantitative estimate of drug-likeness (QED) is 0.838. The van der Waals surface area contributed by atoms with Crippen molar-refractivity contribution in [3.05, 3.63) is 46.2 Å². The van der Waals surface area contributed by atoms with Gasteiger partial charge in [0.2, 0.25) is 0 Å². The normalized spacial score (nSPS) is 10.2. The van der Waals surface area contributed by atoms with Crippen LogP contribution in [-0.2, 0) is 0 Å². The standard InChI is InChI=1S/C12H10O2S/c1-8-2-4-9(5-3-8)10-6-15-7-11(10)12(13)14/h2-7H,1H3,(H,13,14). The molecule has 0 saturated carbocycles. The van der Waals surface area contributed by atoms with Crippen molar-refractivity contribution in [2.75, 3.05) is 0 Å². The highest BCUT2D eigenvalue weighted by atomic mass is 32.1. The van der Waals surface area contributed by atoms with Crippen molar-refractivity contribution >= 4 is 17.3 Å². The van der Waals surface area contributed by atoms with E-state index in [2.05, 4.69) is 0 Å². The van der Waals surface area contributed by atoms with Crippen LogP contribution >= 0.6 is 11.3 Å². The first-order chi connectivity index (χ1) is 7.18. The fraction of sp³-hybridized carbons (Fsp3) is 0.0833. The predicted octanol–water partition coefficient (Wildman–Crippen LogP) is 3.42. The summed E-state index contributed by atoms with van der Waals surface area (Å²) in [7, 11) is 0. The molecular formula is C12H10O2S. The summed E-state index contributed by atoms with van der Waals surface area (Å²) in [5, 5.41) is 12.5. The van der Waals surface area contributed by atoms with E-state index in [9.17, 15) is 4.79 Å².